The minimum atomic E-state index is 0.547. The van der Waals surface area contributed by atoms with Crippen molar-refractivity contribution in [3.8, 4) is 0 Å². The van der Waals surface area contributed by atoms with E-state index in [0.29, 0.717) is 12.1 Å². The topological polar surface area (TPSA) is 28.2 Å². The summed E-state index contributed by atoms with van der Waals surface area (Å²) in [6.45, 7) is 4.49. The minimum Gasteiger partial charge on any atom is -0.357 e. The van der Waals surface area contributed by atoms with Gasteiger partial charge in [-0.05, 0) is 60.7 Å². The Hall–Kier alpha value is -1.39. The summed E-state index contributed by atoms with van der Waals surface area (Å²) in [6.07, 6.45) is 5.40. The van der Waals surface area contributed by atoms with E-state index in [0.717, 1.165) is 25.3 Å². The first kappa shape index (κ1) is 14.5. The van der Waals surface area contributed by atoms with Crippen molar-refractivity contribution in [2.45, 2.75) is 38.3 Å². The van der Waals surface area contributed by atoms with Crippen LogP contribution in [-0.2, 0) is 6.42 Å². The molecule has 3 heterocycles. The first-order valence-corrected chi connectivity index (χ1v) is 8.68. The third kappa shape index (κ3) is 4.05. The molecule has 112 valence electrons. The van der Waals surface area contributed by atoms with E-state index in [1.165, 1.54) is 18.4 Å². The molecule has 0 bridgehead atoms. The molecule has 1 saturated heterocycles. The van der Waals surface area contributed by atoms with Crippen LogP contribution in [0.1, 0.15) is 25.3 Å². The Bertz CT molecular complexity index is 518. The van der Waals surface area contributed by atoms with E-state index in [-0.39, 0.29) is 0 Å². The van der Waals surface area contributed by atoms with Gasteiger partial charge >= 0.3 is 0 Å². The molecule has 1 fully saturated rings. The molecule has 0 aliphatic carbocycles. The van der Waals surface area contributed by atoms with Gasteiger partial charge < -0.3 is 10.2 Å². The second kappa shape index (κ2) is 7.05. The fraction of sp³-hybridized carbons (Fsp3) is 0.471. The fourth-order valence-electron chi connectivity index (χ4n) is 3.04. The highest BCUT2D eigenvalue weighted by atomic mass is 32.1. The van der Waals surface area contributed by atoms with Crippen molar-refractivity contribution in [1.29, 1.82) is 0 Å². The molecule has 2 aromatic heterocycles. The number of anilines is 1. The summed E-state index contributed by atoms with van der Waals surface area (Å²) in [5.41, 5.74) is 1.45. The van der Waals surface area contributed by atoms with Crippen molar-refractivity contribution in [3.05, 3.63) is 46.8 Å². The molecule has 3 nitrogen and oxygen atoms in total. The van der Waals surface area contributed by atoms with E-state index in [1.54, 1.807) is 11.3 Å². The monoisotopic (exact) mass is 301 g/mol. The predicted molar refractivity (Wildman–Crippen MR) is 90.1 cm³/mol. The van der Waals surface area contributed by atoms with Gasteiger partial charge in [-0.1, -0.05) is 6.07 Å². The van der Waals surface area contributed by atoms with E-state index < -0.39 is 0 Å². The lowest BCUT2D eigenvalue weighted by Gasteiger charge is -2.34. The first-order valence-electron chi connectivity index (χ1n) is 7.74. The molecule has 0 amide bonds. The summed E-state index contributed by atoms with van der Waals surface area (Å²) < 4.78 is 0. The van der Waals surface area contributed by atoms with E-state index >= 15 is 0 Å². The number of hydrogen-bond acceptors (Lipinski definition) is 4. The van der Waals surface area contributed by atoms with Crippen LogP contribution in [0.3, 0.4) is 0 Å². The zero-order valence-corrected chi connectivity index (χ0v) is 13.4. The van der Waals surface area contributed by atoms with Gasteiger partial charge in [-0.3, -0.25) is 0 Å². The summed E-state index contributed by atoms with van der Waals surface area (Å²) in [4.78, 5) is 6.84. The number of piperidine rings is 1. The smallest absolute Gasteiger partial charge is 0.128 e. The van der Waals surface area contributed by atoms with Gasteiger partial charge in [-0.25, -0.2) is 4.98 Å². The Kier molecular flexibility index (Phi) is 4.88. The first-order chi connectivity index (χ1) is 10.3. The quantitative estimate of drug-likeness (QED) is 0.918. The summed E-state index contributed by atoms with van der Waals surface area (Å²) in [5, 5.41) is 8.20. The van der Waals surface area contributed by atoms with Gasteiger partial charge in [0.2, 0.25) is 0 Å². The van der Waals surface area contributed by atoms with Gasteiger partial charge in [-0.2, -0.15) is 11.3 Å². The van der Waals surface area contributed by atoms with Gasteiger partial charge in [0.25, 0.3) is 0 Å². The van der Waals surface area contributed by atoms with Crippen molar-refractivity contribution < 1.29 is 0 Å². The van der Waals surface area contributed by atoms with Gasteiger partial charge in [0.05, 0.1) is 0 Å². The number of nitrogens with zero attached hydrogens (tertiary/aromatic N) is 2. The van der Waals surface area contributed by atoms with Crippen LogP contribution in [0.2, 0.25) is 0 Å². The van der Waals surface area contributed by atoms with Crippen molar-refractivity contribution >= 4 is 17.2 Å². The van der Waals surface area contributed by atoms with Crippen molar-refractivity contribution in [2.75, 3.05) is 18.0 Å². The molecular weight excluding hydrogens is 278 g/mol. The normalized spacial score (nSPS) is 17.9. The molecule has 1 atom stereocenters. The summed E-state index contributed by atoms with van der Waals surface area (Å²) in [5.74, 6) is 1.11. The Morgan fingerprint density at radius 3 is 2.86 bits per heavy atom. The molecule has 0 aromatic carbocycles. The van der Waals surface area contributed by atoms with E-state index in [4.69, 9.17) is 0 Å². The molecule has 1 N–H and O–H groups in total. The second-order valence-corrected chi connectivity index (χ2v) is 6.63. The second-order valence-electron chi connectivity index (χ2n) is 5.85. The number of aromatic nitrogens is 1. The fourth-order valence-corrected chi connectivity index (χ4v) is 3.72. The molecule has 0 radical (unpaired) electrons. The molecule has 0 spiro atoms. The van der Waals surface area contributed by atoms with Crippen molar-refractivity contribution in [1.82, 2.24) is 10.3 Å². The SMILES string of the molecule is CC(Cc1ccsc1)NC1CCN(c2ccccn2)CC1. The van der Waals surface area contributed by atoms with Gasteiger partial charge in [-0.15, -0.1) is 0 Å². The minimum absolute atomic E-state index is 0.547. The number of hydrogen-bond donors (Lipinski definition) is 1. The number of nitrogens with one attached hydrogen (secondary N) is 1. The lowest BCUT2D eigenvalue weighted by Crippen LogP contribution is -2.46. The summed E-state index contributed by atoms with van der Waals surface area (Å²) in [6, 6.07) is 9.56. The van der Waals surface area contributed by atoms with Gasteiger partial charge in [0, 0.05) is 31.4 Å². The zero-order chi connectivity index (χ0) is 14.5. The maximum Gasteiger partial charge on any atom is 0.128 e. The molecule has 21 heavy (non-hydrogen) atoms. The van der Waals surface area contributed by atoms with Crippen molar-refractivity contribution in [2.24, 2.45) is 0 Å². The molecule has 1 aliphatic rings. The van der Waals surface area contributed by atoms with Crippen molar-refractivity contribution in [3.63, 3.8) is 0 Å². The van der Waals surface area contributed by atoms with Crippen LogP contribution in [0, 0.1) is 0 Å². The molecule has 4 heteroatoms. The summed E-state index contributed by atoms with van der Waals surface area (Å²) >= 11 is 1.78. The average molecular weight is 301 g/mol. The van der Waals surface area contributed by atoms with E-state index in [2.05, 4.69) is 51.1 Å². The highest BCUT2D eigenvalue weighted by Crippen LogP contribution is 2.18. The van der Waals surface area contributed by atoms with Crippen LogP contribution in [0.5, 0.6) is 0 Å². The largest absolute Gasteiger partial charge is 0.357 e. The molecular formula is C17H23N3S. The maximum atomic E-state index is 4.44. The lowest BCUT2D eigenvalue weighted by molar-refractivity contribution is 0.374. The standard InChI is InChI=1S/C17H23N3S/c1-14(12-15-7-11-21-13-15)19-16-5-9-20(10-6-16)17-4-2-3-8-18-17/h2-4,7-8,11,13-14,16,19H,5-6,9-10,12H2,1H3. The van der Waals surface area contributed by atoms with Crippen LogP contribution in [0.4, 0.5) is 5.82 Å². The zero-order valence-electron chi connectivity index (χ0n) is 12.5. The van der Waals surface area contributed by atoms with Crippen LogP contribution < -0.4 is 10.2 Å². The predicted octanol–water partition coefficient (Wildman–Crippen LogP) is 3.33. The molecule has 0 saturated carbocycles. The van der Waals surface area contributed by atoms with Crippen LogP contribution >= 0.6 is 11.3 Å². The number of thiophene rings is 1. The van der Waals surface area contributed by atoms with Gasteiger partial charge in [0.15, 0.2) is 0 Å². The highest BCUT2D eigenvalue weighted by molar-refractivity contribution is 7.07. The Morgan fingerprint density at radius 1 is 1.33 bits per heavy atom. The number of rotatable bonds is 5. The van der Waals surface area contributed by atoms with Crippen LogP contribution in [0.15, 0.2) is 41.2 Å². The average Bonchev–Trinajstić information content (AvgIpc) is 3.02. The highest BCUT2D eigenvalue weighted by Gasteiger charge is 2.21. The molecule has 1 unspecified atom stereocenters. The van der Waals surface area contributed by atoms with Crippen LogP contribution in [-0.4, -0.2) is 30.2 Å². The van der Waals surface area contributed by atoms with Crippen LogP contribution in [0.25, 0.3) is 0 Å². The number of pyridine rings is 1. The Balaban J connectivity index is 1.45. The van der Waals surface area contributed by atoms with E-state index in [9.17, 15) is 0 Å². The molecule has 3 rings (SSSR count). The summed E-state index contributed by atoms with van der Waals surface area (Å²) in [7, 11) is 0. The van der Waals surface area contributed by atoms with E-state index in [1.807, 2.05) is 12.3 Å². The maximum absolute atomic E-state index is 4.44. The Morgan fingerprint density at radius 2 is 2.19 bits per heavy atom. The lowest BCUT2D eigenvalue weighted by atomic mass is 10.0. The molecule has 2 aromatic rings. The van der Waals surface area contributed by atoms with Gasteiger partial charge in [0.1, 0.15) is 5.82 Å². The third-order valence-corrected chi connectivity index (χ3v) is 4.84. The Labute approximate surface area is 131 Å². The molecule has 1 aliphatic heterocycles. The third-order valence-electron chi connectivity index (χ3n) is 4.11.